The molecule has 3 aliphatic rings. The molecule has 2 aliphatic heterocycles. The van der Waals surface area contributed by atoms with Gasteiger partial charge in [-0.15, -0.1) is 0 Å². The summed E-state index contributed by atoms with van der Waals surface area (Å²) in [5.74, 6) is 0.178. The number of imidazole rings is 1. The van der Waals surface area contributed by atoms with Gasteiger partial charge in [-0.1, -0.05) is 38.4 Å². The van der Waals surface area contributed by atoms with Gasteiger partial charge in [-0.25, -0.2) is 17.8 Å². The van der Waals surface area contributed by atoms with Crippen LogP contribution in [0.2, 0.25) is 23.2 Å². The maximum absolute atomic E-state index is 15.3. The first-order valence-corrected chi connectivity index (χ1v) is 20.8. The smallest absolute Gasteiger partial charge is 0.296 e. The van der Waals surface area contributed by atoms with Gasteiger partial charge in [0.25, 0.3) is 6.01 Å². The van der Waals surface area contributed by atoms with Crippen molar-refractivity contribution < 1.29 is 31.4 Å². The number of hydrogen-bond acceptors (Lipinski definition) is 9. The van der Waals surface area contributed by atoms with Crippen LogP contribution in [0.15, 0.2) is 18.2 Å². The highest BCUT2D eigenvalue weighted by atomic mass is 35.5. The number of aryl methyl sites for hydroxylation is 2. The number of fused-ring (bicyclic) bond motifs is 3. The summed E-state index contributed by atoms with van der Waals surface area (Å²) in [6.45, 7) is 11.9. The van der Waals surface area contributed by atoms with E-state index < -0.39 is 18.2 Å². The summed E-state index contributed by atoms with van der Waals surface area (Å²) in [7, 11) is -5.05. The number of pyridine rings is 1. The molecule has 4 heterocycles. The van der Waals surface area contributed by atoms with Crippen LogP contribution >= 0.6 is 11.6 Å². The van der Waals surface area contributed by atoms with E-state index in [1.54, 1.807) is 6.07 Å². The van der Waals surface area contributed by atoms with Gasteiger partial charge >= 0.3 is 0 Å². The third-order valence-electron chi connectivity index (χ3n) is 9.50. The van der Waals surface area contributed by atoms with Gasteiger partial charge in [0.05, 0.1) is 41.7 Å². The predicted octanol–water partition coefficient (Wildman–Crippen LogP) is 5.76. The molecule has 2 saturated heterocycles. The number of nitrogens with zero attached hydrogens (tertiary/aromatic N) is 2. The lowest BCUT2D eigenvalue weighted by Crippen LogP contribution is -2.47. The average Bonchev–Trinajstić information content (AvgIpc) is 3.69. The van der Waals surface area contributed by atoms with Crippen molar-refractivity contribution in [3.63, 3.8) is 0 Å². The highest BCUT2D eigenvalue weighted by Gasteiger charge is 2.52. The van der Waals surface area contributed by atoms with E-state index >= 15 is 4.39 Å². The van der Waals surface area contributed by atoms with Crippen molar-refractivity contribution in [1.29, 1.82) is 0 Å². The van der Waals surface area contributed by atoms with Crippen molar-refractivity contribution in [1.82, 2.24) is 15.0 Å². The summed E-state index contributed by atoms with van der Waals surface area (Å²) in [5, 5.41) is 3.77. The number of nitrogens with one attached hydrogen (secondary N) is 2. The molecule has 5 atom stereocenters. The van der Waals surface area contributed by atoms with Crippen LogP contribution in [-0.4, -0.2) is 81.3 Å². The molecule has 1 aromatic carbocycles. The van der Waals surface area contributed by atoms with Gasteiger partial charge in [-0.05, 0) is 67.1 Å². The third-order valence-corrected chi connectivity index (χ3v) is 15.3. The molecule has 0 bridgehead atoms. The number of hydrogen-bond donors (Lipinski definition) is 2. The number of rotatable bonds is 10. The first-order chi connectivity index (χ1) is 21.1. The number of anilines is 1. The Bertz CT molecular complexity index is 1700. The Balaban J connectivity index is 1.12. The third kappa shape index (κ3) is 6.89. The fourth-order valence-electron chi connectivity index (χ4n) is 6.15. The topological polar surface area (TPSA) is 125 Å². The molecular formula is C31H42ClFN4O6SSi. The molecule has 10 nitrogen and oxygen atoms in total. The lowest BCUT2D eigenvalue weighted by atomic mass is 10.0. The maximum atomic E-state index is 15.3. The average molecular weight is 681 g/mol. The van der Waals surface area contributed by atoms with Gasteiger partial charge < -0.3 is 28.9 Å². The molecule has 0 saturated carbocycles. The Morgan fingerprint density at radius 1 is 1.13 bits per heavy atom. The highest BCUT2D eigenvalue weighted by molar-refractivity contribution is 7.90. The molecule has 1 unspecified atom stereocenters. The summed E-state index contributed by atoms with van der Waals surface area (Å²) in [5.41, 5.74) is 3.34. The van der Waals surface area contributed by atoms with Gasteiger partial charge in [0.2, 0.25) is 0 Å². The van der Waals surface area contributed by atoms with Crippen LogP contribution in [-0.2, 0) is 36.6 Å². The van der Waals surface area contributed by atoms with E-state index in [9.17, 15) is 8.42 Å². The molecule has 246 valence electrons. The monoisotopic (exact) mass is 680 g/mol. The molecule has 2 aromatic heterocycles. The second-order valence-electron chi connectivity index (χ2n) is 14.0. The fraction of sp³-hybridized carbons (Fsp3) is 0.613. The molecule has 14 heteroatoms. The van der Waals surface area contributed by atoms with Gasteiger partial charge in [0.15, 0.2) is 20.1 Å². The number of ether oxygens (including phenoxy) is 3. The van der Waals surface area contributed by atoms with E-state index in [2.05, 4.69) is 54.1 Å². The van der Waals surface area contributed by atoms with Gasteiger partial charge in [0.1, 0.15) is 33.7 Å². The van der Waals surface area contributed by atoms with E-state index in [-0.39, 0.29) is 53.1 Å². The molecule has 2 fully saturated rings. The number of benzene rings is 1. The Labute approximate surface area is 269 Å². The summed E-state index contributed by atoms with van der Waals surface area (Å²) in [6.07, 6.45) is 2.60. The summed E-state index contributed by atoms with van der Waals surface area (Å²) in [4.78, 5) is 12.3. The molecule has 3 aromatic rings. The normalized spacial score (nSPS) is 25.1. The standard InChI is InChI=1S/C31H42ClFN4O6SSi/c1-31(2,3)45(5,6)43-24-16-41-26-23(15-40-27(24)26)42-30-35-22-14-19(32)28(36-29(22)37-30)34-21-10-9-18-12-17(13-20(33)25(18)21)8-7-11-44(4,38)39/h12-14,21,23-24,26-27H,7-11,15-16H2,1-6H3,(H2,34,35,36,37)/t21-,23+,24?,26+,27+/m0/s1. The van der Waals surface area contributed by atoms with Crippen molar-refractivity contribution in [3.8, 4) is 6.01 Å². The lowest BCUT2D eigenvalue weighted by molar-refractivity contribution is 0.0116. The number of sulfone groups is 1. The molecule has 1 aliphatic carbocycles. The van der Waals surface area contributed by atoms with Crippen molar-refractivity contribution in [2.24, 2.45) is 0 Å². The van der Waals surface area contributed by atoms with Crippen molar-refractivity contribution >= 4 is 46.7 Å². The lowest BCUT2D eigenvalue weighted by Gasteiger charge is -2.39. The van der Waals surface area contributed by atoms with Crippen LogP contribution in [0.5, 0.6) is 6.01 Å². The minimum absolute atomic E-state index is 0.0809. The summed E-state index contributed by atoms with van der Waals surface area (Å²) < 4.78 is 63.2. The Hall–Kier alpha value is -2.29. The van der Waals surface area contributed by atoms with Crippen LogP contribution in [0.3, 0.4) is 0 Å². The van der Waals surface area contributed by atoms with Gasteiger partial charge in [-0.3, -0.25) is 0 Å². The van der Waals surface area contributed by atoms with Crippen molar-refractivity contribution in [2.75, 3.05) is 30.5 Å². The minimum Gasteiger partial charge on any atom is -0.456 e. The molecule has 0 radical (unpaired) electrons. The zero-order valence-corrected chi connectivity index (χ0v) is 29.1. The molecule has 45 heavy (non-hydrogen) atoms. The first-order valence-electron chi connectivity index (χ1n) is 15.5. The van der Waals surface area contributed by atoms with E-state index in [0.717, 1.165) is 11.1 Å². The van der Waals surface area contributed by atoms with Crippen LogP contribution in [0.25, 0.3) is 11.2 Å². The first kappa shape index (κ1) is 32.6. The Morgan fingerprint density at radius 2 is 1.84 bits per heavy atom. The Kier molecular flexibility index (Phi) is 8.75. The Morgan fingerprint density at radius 3 is 2.56 bits per heavy atom. The SMILES string of the molecule is CC(C)(C)[Si](C)(C)OC1CO[C@H]2[C@@H]1OC[C@H]2Oc1nc2nc(N[C@H]3CCc4cc(CCCS(C)(=O)=O)cc(F)c43)c(Cl)cc2[nH]1. The van der Waals surface area contributed by atoms with E-state index in [0.29, 0.717) is 66.5 Å². The maximum Gasteiger partial charge on any atom is 0.296 e. The fourth-order valence-corrected chi connectivity index (χ4v) is 8.34. The molecule has 0 amide bonds. The quantitative estimate of drug-likeness (QED) is 0.257. The summed E-state index contributed by atoms with van der Waals surface area (Å²) >= 11 is 6.61. The molecule has 0 spiro atoms. The van der Waals surface area contributed by atoms with Crippen LogP contribution in [0, 0.1) is 5.82 Å². The van der Waals surface area contributed by atoms with Crippen LogP contribution < -0.4 is 10.1 Å². The van der Waals surface area contributed by atoms with E-state index in [4.69, 9.17) is 30.2 Å². The number of aromatic amines is 1. The second-order valence-corrected chi connectivity index (χ2v) is 21.4. The van der Waals surface area contributed by atoms with Crippen molar-refractivity contribution in [2.45, 2.75) is 95.0 Å². The van der Waals surface area contributed by atoms with E-state index in [1.165, 1.54) is 12.3 Å². The second kappa shape index (κ2) is 12.1. The van der Waals surface area contributed by atoms with Crippen molar-refractivity contribution in [3.05, 3.63) is 45.7 Å². The number of halogens is 2. The minimum atomic E-state index is -3.05. The molecule has 2 N–H and O–H groups in total. The van der Waals surface area contributed by atoms with E-state index in [1.807, 2.05) is 6.07 Å². The zero-order chi connectivity index (χ0) is 32.3. The largest absolute Gasteiger partial charge is 0.456 e. The molecular weight excluding hydrogens is 639 g/mol. The number of aromatic nitrogens is 3. The predicted molar refractivity (Wildman–Crippen MR) is 174 cm³/mol. The van der Waals surface area contributed by atoms with Gasteiger partial charge in [0, 0.05) is 11.8 Å². The summed E-state index contributed by atoms with van der Waals surface area (Å²) in [6, 6.07) is 5.19. The highest BCUT2D eigenvalue weighted by Crippen LogP contribution is 2.41. The molecule has 6 rings (SSSR count). The van der Waals surface area contributed by atoms with Gasteiger partial charge in [-0.2, -0.15) is 4.98 Å². The number of H-pyrrole nitrogens is 1. The zero-order valence-electron chi connectivity index (χ0n) is 26.6. The van der Waals surface area contributed by atoms with Crippen LogP contribution in [0.1, 0.15) is 56.3 Å². The van der Waals surface area contributed by atoms with Crippen LogP contribution in [0.4, 0.5) is 10.2 Å².